The molecule has 3 rings (SSSR count). The van der Waals surface area contributed by atoms with Gasteiger partial charge in [0.2, 0.25) is 5.91 Å². The number of nitrogens with zero attached hydrogens (tertiary/aromatic N) is 1. The molecule has 1 amide bonds. The molecule has 30 heavy (non-hydrogen) atoms. The first-order valence-electron chi connectivity index (χ1n) is 9.46. The lowest BCUT2D eigenvalue weighted by Gasteiger charge is -2.27. The third kappa shape index (κ3) is 4.02. The van der Waals surface area contributed by atoms with Crippen molar-refractivity contribution < 1.29 is 27.4 Å². The molecule has 2 aromatic rings. The zero-order valence-electron chi connectivity index (χ0n) is 17.7. The van der Waals surface area contributed by atoms with E-state index in [0.717, 1.165) is 0 Å². The van der Waals surface area contributed by atoms with Crippen LogP contribution in [0.5, 0.6) is 17.2 Å². The third-order valence-corrected chi connectivity index (χ3v) is 6.28. The second kappa shape index (κ2) is 8.06. The summed E-state index contributed by atoms with van der Waals surface area (Å²) in [6, 6.07) is 9.22. The van der Waals surface area contributed by atoms with Gasteiger partial charge in [-0.1, -0.05) is 0 Å². The van der Waals surface area contributed by atoms with Gasteiger partial charge in [0.05, 0.1) is 35.9 Å². The predicted octanol–water partition coefficient (Wildman–Crippen LogP) is 3.28. The lowest BCUT2D eigenvalue weighted by Crippen LogP contribution is -2.42. The van der Waals surface area contributed by atoms with Crippen molar-refractivity contribution in [2.24, 2.45) is 5.41 Å². The first-order chi connectivity index (χ1) is 14.1. The van der Waals surface area contributed by atoms with Crippen molar-refractivity contribution in [1.82, 2.24) is 0 Å². The number of hydrogen-bond donors (Lipinski definition) is 1. The normalized spacial score (nSPS) is 15.6. The number of nitrogens with one attached hydrogen (secondary N) is 1. The van der Waals surface area contributed by atoms with Gasteiger partial charge >= 0.3 is 0 Å². The number of amides is 1. The number of fused-ring (bicyclic) bond motifs is 1. The predicted molar refractivity (Wildman–Crippen MR) is 114 cm³/mol. The smallest absolute Gasteiger partial charge is 0.262 e. The Labute approximate surface area is 176 Å². The molecular weight excluding hydrogens is 408 g/mol. The number of carbonyl (C=O) groups is 1. The molecule has 0 fully saturated rings. The van der Waals surface area contributed by atoms with Gasteiger partial charge in [-0.05, 0) is 51.1 Å². The van der Waals surface area contributed by atoms with E-state index in [4.69, 9.17) is 14.2 Å². The summed E-state index contributed by atoms with van der Waals surface area (Å²) in [6.07, 6.45) is 0. The summed E-state index contributed by atoms with van der Waals surface area (Å²) >= 11 is 0. The summed E-state index contributed by atoms with van der Waals surface area (Å²) < 4.78 is 44.5. The summed E-state index contributed by atoms with van der Waals surface area (Å²) in [4.78, 5) is 14.5. The maximum atomic E-state index is 12.9. The van der Waals surface area contributed by atoms with E-state index in [1.54, 1.807) is 23.1 Å². The Kier molecular flexibility index (Phi) is 5.85. The first kappa shape index (κ1) is 21.8. The molecule has 8 nitrogen and oxygen atoms in total. The van der Waals surface area contributed by atoms with Gasteiger partial charge < -0.3 is 19.1 Å². The molecule has 9 heteroatoms. The van der Waals surface area contributed by atoms with Crippen LogP contribution < -0.4 is 23.8 Å². The highest BCUT2D eigenvalue weighted by atomic mass is 32.2. The summed E-state index contributed by atoms with van der Waals surface area (Å²) in [5.74, 6) is 1.19. The van der Waals surface area contributed by atoms with Crippen molar-refractivity contribution in [2.45, 2.75) is 25.7 Å². The van der Waals surface area contributed by atoms with Crippen LogP contribution >= 0.6 is 0 Å². The number of rotatable bonds is 6. The fourth-order valence-corrected chi connectivity index (χ4v) is 4.28. The molecular formula is C21H26N2O6S. The van der Waals surface area contributed by atoms with E-state index >= 15 is 0 Å². The Balaban J connectivity index is 1.96. The van der Waals surface area contributed by atoms with Crippen LogP contribution in [0, 0.1) is 5.41 Å². The lowest BCUT2D eigenvalue weighted by molar-refractivity contribution is -0.127. The van der Waals surface area contributed by atoms with E-state index in [-0.39, 0.29) is 17.4 Å². The molecule has 1 aliphatic heterocycles. The van der Waals surface area contributed by atoms with Gasteiger partial charge in [-0.2, -0.15) is 0 Å². The van der Waals surface area contributed by atoms with Crippen LogP contribution in [0.1, 0.15) is 20.8 Å². The van der Waals surface area contributed by atoms with Gasteiger partial charge in [0.25, 0.3) is 10.0 Å². The van der Waals surface area contributed by atoms with E-state index in [1.165, 1.54) is 32.4 Å². The molecule has 0 aromatic heterocycles. The minimum absolute atomic E-state index is 0.0240. The third-order valence-electron chi connectivity index (χ3n) is 4.90. The molecule has 0 bridgehead atoms. The Morgan fingerprint density at radius 1 is 1.10 bits per heavy atom. The van der Waals surface area contributed by atoms with Crippen molar-refractivity contribution in [1.29, 1.82) is 0 Å². The van der Waals surface area contributed by atoms with Crippen molar-refractivity contribution in [3.8, 4) is 17.2 Å². The average molecular weight is 435 g/mol. The average Bonchev–Trinajstić information content (AvgIpc) is 2.81. The fraction of sp³-hybridized carbons (Fsp3) is 0.381. The van der Waals surface area contributed by atoms with Crippen LogP contribution in [-0.4, -0.2) is 41.7 Å². The Morgan fingerprint density at radius 2 is 1.80 bits per heavy atom. The number of anilines is 2. The zero-order chi connectivity index (χ0) is 22.1. The minimum Gasteiger partial charge on any atom is -0.493 e. The maximum absolute atomic E-state index is 12.9. The topological polar surface area (TPSA) is 94.2 Å². The van der Waals surface area contributed by atoms with Crippen LogP contribution in [0.2, 0.25) is 0 Å². The lowest BCUT2D eigenvalue weighted by atomic mass is 9.93. The highest BCUT2D eigenvalue weighted by Crippen LogP contribution is 2.38. The number of benzene rings is 2. The summed E-state index contributed by atoms with van der Waals surface area (Å²) in [5.41, 5.74) is 0.160. The van der Waals surface area contributed by atoms with Gasteiger partial charge in [-0.25, -0.2) is 8.42 Å². The van der Waals surface area contributed by atoms with Gasteiger partial charge in [-0.15, -0.1) is 0 Å². The molecule has 0 radical (unpaired) electrons. The van der Waals surface area contributed by atoms with Gasteiger partial charge in [0.1, 0.15) is 12.4 Å². The molecule has 1 aliphatic rings. The second-order valence-corrected chi connectivity index (χ2v) is 9.21. The summed E-state index contributed by atoms with van der Waals surface area (Å²) in [5, 5.41) is 0. The number of carbonyl (C=O) groups excluding carboxylic acids is 1. The molecule has 0 aliphatic carbocycles. The first-order valence-corrected chi connectivity index (χ1v) is 10.9. The monoisotopic (exact) mass is 434 g/mol. The van der Waals surface area contributed by atoms with Crippen LogP contribution in [0.3, 0.4) is 0 Å². The van der Waals surface area contributed by atoms with Crippen molar-refractivity contribution in [2.75, 3.05) is 37.0 Å². The van der Waals surface area contributed by atoms with E-state index in [2.05, 4.69) is 4.72 Å². The van der Waals surface area contributed by atoms with Crippen molar-refractivity contribution in [3.05, 3.63) is 36.4 Å². The highest BCUT2D eigenvalue weighted by molar-refractivity contribution is 7.92. The summed E-state index contributed by atoms with van der Waals surface area (Å²) in [7, 11) is -0.984. The second-order valence-electron chi connectivity index (χ2n) is 7.53. The maximum Gasteiger partial charge on any atom is 0.262 e. The van der Waals surface area contributed by atoms with Gasteiger partial charge in [0, 0.05) is 12.6 Å². The quantitative estimate of drug-likeness (QED) is 0.750. The van der Waals surface area contributed by atoms with Crippen LogP contribution in [0.15, 0.2) is 41.3 Å². The van der Waals surface area contributed by atoms with E-state index in [9.17, 15) is 13.2 Å². The SMILES string of the molecule is CCN1C(=O)C(C)(C)COc2ccc(NS(=O)(=O)c3ccc(OC)c(OC)c3)cc21. The number of ether oxygens (including phenoxy) is 3. The summed E-state index contributed by atoms with van der Waals surface area (Å²) in [6.45, 7) is 6.19. The van der Waals surface area contributed by atoms with Crippen LogP contribution in [-0.2, 0) is 14.8 Å². The number of hydrogen-bond acceptors (Lipinski definition) is 6. The molecule has 0 spiro atoms. The molecule has 0 saturated heterocycles. The molecule has 1 N–H and O–H groups in total. The minimum atomic E-state index is -3.90. The Hall–Kier alpha value is -2.94. The Bertz CT molecular complexity index is 1070. The molecule has 2 aromatic carbocycles. The molecule has 1 heterocycles. The highest BCUT2D eigenvalue weighted by Gasteiger charge is 2.37. The van der Waals surface area contributed by atoms with E-state index in [0.29, 0.717) is 35.2 Å². The molecule has 0 saturated carbocycles. The molecule has 162 valence electrons. The van der Waals surface area contributed by atoms with Gasteiger partial charge in [0.15, 0.2) is 11.5 Å². The largest absolute Gasteiger partial charge is 0.493 e. The Morgan fingerprint density at radius 3 is 2.43 bits per heavy atom. The van der Waals surface area contributed by atoms with Crippen LogP contribution in [0.25, 0.3) is 0 Å². The molecule has 0 unspecified atom stereocenters. The fourth-order valence-electron chi connectivity index (χ4n) is 3.22. The van der Waals surface area contributed by atoms with E-state index in [1.807, 2.05) is 20.8 Å². The van der Waals surface area contributed by atoms with Gasteiger partial charge in [-0.3, -0.25) is 9.52 Å². The van der Waals surface area contributed by atoms with Crippen LogP contribution in [0.4, 0.5) is 11.4 Å². The standard InChI is InChI=1S/C21H26N2O6S/c1-6-23-16-11-14(7-9-17(16)29-13-21(2,3)20(23)24)22-30(25,26)15-8-10-18(27-4)19(12-15)28-5/h7-12,22H,6,13H2,1-5H3. The van der Waals surface area contributed by atoms with E-state index < -0.39 is 15.4 Å². The zero-order valence-corrected chi connectivity index (χ0v) is 18.5. The number of sulfonamides is 1. The number of methoxy groups -OCH3 is 2. The van der Waals surface area contributed by atoms with Crippen molar-refractivity contribution >= 4 is 27.3 Å². The van der Waals surface area contributed by atoms with Crippen molar-refractivity contribution in [3.63, 3.8) is 0 Å². The molecule has 0 atom stereocenters.